The Bertz CT molecular complexity index is 818. The molecule has 0 spiro atoms. The number of ether oxygens (including phenoxy) is 1. The smallest absolute Gasteiger partial charge is 0.331 e. The van der Waals surface area contributed by atoms with Crippen LogP contribution in [0.3, 0.4) is 0 Å². The molecule has 0 aliphatic rings. The van der Waals surface area contributed by atoms with Crippen LogP contribution in [0.15, 0.2) is 48.5 Å². The largest absolute Gasteiger partial charge is 0.449 e. The van der Waals surface area contributed by atoms with Gasteiger partial charge >= 0.3 is 5.97 Å². The van der Waals surface area contributed by atoms with Gasteiger partial charge in [-0.2, -0.15) is 0 Å². The summed E-state index contributed by atoms with van der Waals surface area (Å²) in [5.74, 6) is -1.02. The number of benzene rings is 2. The van der Waals surface area contributed by atoms with Gasteiger partial charge in [0, 0.05) is 11.8 Å². The second-order valence-electron chi connectivity index (χ2n) is 5.39. The van der Waals surface area contributed by atoms with Gasteiger partial charge < -0.3 is 10.1 Å². The molecular formula is C19H17Cl2NO3. The van der Waals surface area contributed by atoms with E-state index in [1.165, 1.54) is 19.1 Å². The quantitative estimate of drug-likeness (QED) is 0.596. The maximum Gasteiger partial charge on any atom is 0.331 e. The molecule has 1 N–H and O–H groups in total. The predicted molar refractivity (Wildman–Crippen MR) is 101 cm³/mol. The third-order valence-corrected chi connectivity index (χ3v) is 4.16. The second kappa shape index (κ2) is 8.70. The summed E-state index contributed by atoms with van der Waals surface area (Å²) >= 11 is 11.7. The highest BCUT2D eigenvalue weighted by Crippen LogP contribution is 2.23. The topological polar surface area (TPSA) is 55.4 Å². The molecule has 6 heteroatoms. The van der Waals surface area contributed by atoms with E-state index in [4.69, 9.17) is 27.9 Å². The number of anilines is 1. The number of hydrogen-bond acceptors (Lipinski definition) is 3. The van der Waals surface area contributed by atoms with Gasteiger partial charge in [-0.15, -0.1) is 0 Å². The number of esters is 1. The first-order chi connectivity index (χ1) is 11.9. The van der Waals surface area contributed by atoms with Crippen molar-refractivity contribution in [1.82, 2.24) is 0 Å². The zero-order valence-corrected chi connectivity index (χ0v) is 15.3. The van der Waals surface area contributed by atoms with E-state index in [9.17, 15) is 9.59 Å². The number of halogens is 2. The van der Waals surface area contributed by atoms with Gasteiger partial charge in [0.05, 0.1) is 10.0 Å². The van der Waals surface area contributed by atoms with Crippen molar-refractivity contribution in [2.45, 2.75) is 20.0 Å². The van der Waals surface area contributed by atoms with E-state index in [1.807, 2.05) is 25.1 Å². The Morgan fingerprint density at radius 1 is 1.12 bits per heavy atom. The SMILES string of the molecule is Cc1ccccc1NC(=O)C(C)OC(=O)C=Cc1ccc(Cl)c(Cl)c1. The zero-order chi connectivity index (χ0) is 18.4. The molecular weight excluding hydrogens is 361 g/mol. The first kappa shape index (κ1) is 19.0. The molecule has 0 aliphatic heterocycles. The minimum absolute atomic E-state index is 0.392. The third-order valence-electron chi connectivity index (χ3n) is 3.42. The normalized spacial score (nSPS) is 12.0. The van der Waals surface area contributed by atoms with E-state index in [0.717, 1.165) is 5.56 Å². The van der Waals surface area contributed by atoms with Crippen molar-refractivity contribution >= 4 is 46.8 Å². The summed E-state index contributed by atoms with van der Waals surface area (Å²) in [6.07, 6.45) is 1.85. The van der Waals surface area contributed by atoms with E-state index in [1.54, 1.807) is 24.3 Å². The number of para-hydroxylation sites is 1. The first-order valence-corrected chi connectivity index (χ1v) is 8.32. The number of hydrogen-bond donors (Lipinski definition) is 1. The molecule has 0 saturated carbocycles. The minimum atomic E-state index is -0.925. The van der Waals surface area contributed by atoms with Gasteiger partial charge in [0.2, 0.25) is 0 Å². The van der Waals surface area contributed by atoms with Crippen molar-refractivity contribution < 1.29 is 14.3 Å². The molecule has 1 atom stereocenters. The highest BCUT2D eigenvalue weighted by Gasteiger charge is 2.17. The van der Waals surface area contributed by atoms with Crippen molar-refractivity contribution in [3.8, 4) is 0 Å². The number of carbonyl (C=O) groups excluding carboxylic acids is 2. The summed E-state index contributed by atoms with van der Waals surface area (Å²) < 4.78 is 5.10. The molecule has 0 aromatic heterocycles. The summed E-state index contributed by atoms with van der Waals surface area (Å²) in [4.78, 5) is 24.0. The zero-order valence-electron chi connectivity index (χ0n) is 13.8. The van der Waals surface area contributed by atoms with Crippen LogP contribution >= 0.6 is 23.2 Å². The van der Waals surface area contributed by atoms with Crippen LogP contribution in [0.25, 0.3) is 6.08 Å². The third kappa shape index (κ3) is 5.62. The van der Waals surface area contributed by atoms with Gasteiger partial charge in [-0.1, -0.05) is 47.5 Å². The molecule has 0 aliphatic carbocycles. The Labute approximate surface area is 156 Å². The molecule has 0 saturated heterocycles. The van der Waals surface area contributed by atoms with Crippen molar-refractivity contribution in [2.75, 3.05) is 5.32 Å². The highest BCUT2D eigenvalue weighted by atomic mass is 35.5. The van der Waals surface area contributed by atoms with E-state index in [2.05, 4.69) is 5.32 Å². The maximum absolute atomic E-state index is 12.1. The molecule has 1 amide bonds. The molecule has 0 bridgehead atoms. The Hall–Kier alpha value is -2.30. The lowest BCUT2D eigenvalue weighted by Gasteiger charge is -2.13. The van der Waals surface area contributed by atoms with Crippen LogP contribution in [-0.4, -0.2) is 18.0 Å². The number of nitrogens with one attached hydrogen (secondary N) is 1. The summed E-state index contributed by atoms with van der Waals surface area (Å²) in [6, 6.07) is 12.3. The van der Waals surface area contributed by atoms with Crippen LogP contribution in [0.1, 0.15) is 18.1 Å². The molecule has 0 fully saturated rings. The van der Waals surface area contributed by atoms with Crippen LogP contribution < -0.4 is 5.32 Å². The highest BCUT2D eigenvalue weighted by molar-refractivity contribution is 6.42. The van der Waals surface area contributed by atoms with Crippen LogP contribution in [-0.2, 0) is 14.3 Å². The predicted octanol–water partition coefficient (Wildman–Crippen LogP) is 4.89. The molecule has 25 heavy (non-hydrogen) atoms. The number of amides is 1. The number of rotatable bonds is 5. The Morgan fingerprint density at radius 3 is 2.52 bits per heavy atom. The molecule has 4 nitrogen and oxygen atoms in total. The molecule has 0 radical (unpaired) electrons. The Balaban J connectivity index is 1.92. The number of carbonyl (C=O) groups is 2. The Kier molecular flexibility index (Phi) is 6.62. The van der Waals surface area contributed by atoms with Gasteiger partial charge in [0.1, 0.15) is 0 Å². The van der Waals surface area contributed by atoms with Gasteiger partial charge in [0.15, 0.2) is 6.10 Å². The molecule has 2 rings (SSSR count). The molecule has 1 unspecified atom stereocenters. The van der Waals surface area contributed by atoms with Gasteiger partial charge in [-0.05, 0) is 49.2 Å². The number of aryl methyl sites for hydroxylation is 1. The molecule has 130 valence electrons. The van der Waals surface area contributed by atoms with E-state index in [-0.39, 0.29) is 0 Å². The van der Waals surface area contributed by atoms with E-state index < -0.39 is 18.0 Å². The fraction of sp³-hybridized carbons (Fsp3) is 0.158. The molecule has 2 aromatic rings. The first-order valence-electron chi connectivity index (χ1n) is 7.57. The van der Waals surface area contributed by atoms with Crippen LogP contribution in [0.2, 0.25) is 10.0 Å². The lowest BCUT2D eigenvalue weighted by molar-refractivity contribution is -0.148. The van der Waals surface area contributed by atoms with Crippen molar-refractivity contribution in [1.29, 1.82) is 0 Å². The van der Waals surface area contributed by atoms with E-state index >= 15 is 0 Å². The van der Waals surface area contributed by atoms with Crippen molar-refractivity contribution in [3.05, 3.63) is 69.7 Å². The Morgan fingerprint density at radius 2 is 1.84 bits per heavy atom. The van der Waals surface area contributed by atoms with Gasteiger partial charge in [-0.3, -0.25) is 4.79 Å². The molecule has 2 aromatic carbocycles. The maximum atomic E-state index is 12.1. The second-order valence-corrected chi connectivity index (χ2v) is 6.20. The average molecular weight is 378 g/mol. The van der Waals surface area contributed by atoms with E-state index in [0.29, 0.717) is 21.3 Å². The van der Waals surface area contributed by atoms with Gasteiger partial charge in [-0.25, -0.2) is 4.79 Å². The fourth-order valence-electron chi connectivity index (χ4n) is 1.99. The lowest BCUT2D eigenvalue weighted by Crippen LogP contribution is -2.29. The van der Waals surface area contributed by atoms with Crippen molar-refractivity contribution in [2.24, 2.45) is 0 Å². The monoisotopic (exact) mass is 377 g/mol. The van der Waals surface area contributed by atoms with Crippen LogP contribution in [0.5, 0.6) is 0 Å². The van der Waals surface area contributed by atoms with Crippen LogP contribution in [0.4, 0.5) is 5.69 Å². The molecule has 0 heterocycles. The lowest BCUT2D eigenvalue weighted by atomic mass is 10.2. The standard InChI is InChI=1S/C19H17Cl2NO3/c1-12-5-3-4-6-17(12)22-19(24)13(2)25-18(23)10-8-14-7-9-15(20)16(21)11-14/h3-11,13H,1-2H3,(H,22,24). The summed E-state index contributed by atoms with van der Waals surface area (Å²) in [7, 11) is 0. The fourth-order valence-corrected chi connectivity index (χ4v) is 2.30. The van der Waals surface area contributed by atoms with Crippen LogP contribution in [0, 0.1) is 6.92 Å². The van der Waals surface area contributed by atoms with Crippen molar-refractivity contribution in [3.63, 3.8) is 0 Å². The summed E-state index contributed by atoms with van der Waals surface area (Å²) in [5, 5.41) is 3.56. The summed E-state index contributed by atoms with van der Waals surface area (Å²) in [6.45, 7) is 3.39. The average Bonchev–Trinajstić information content (AvgIpc) is 2.58. The van der Waals surface area contributed by atoms with Gasteiger partial charge in [0.25, 0.3) is 5.91 Å². The minimum Gasteiger partial charge on any atom is -0.449 e. The summed E-state index contributed by atoms with van der Waals surface area (Å²) in [5.41, 5.74) is 2.30.